The summed E-state index contributed by atoms with van der Waals surface area (Å²) in [5.74, 6) is -1.53. The Balaban J connectivity index is 0.00000324. The van der Waals surface area contributed by atoms with Crippen molar-refractivity contribution < 1.29 is 32.6 Å². The zero-order valence-electron chi connectivity index (χ0n) is 9.24. The van der Waals surface area contributed by atoms with Gasteiger partial charge >= 0.3 is 12.4 Å². The minimum Gasteiger partial charge on any atom is -0.369 e. The molecule has 9 heteroatoms. The Morgan fingerprint density at radius 1 is 1.17 bits per heavy atom. The monoisotopic (exact) mass is 280 g/mol. The number of alkyl halides is 6. The van der Waals surface area contributed by atoms with Gasteiger partial charge in [0, 0.05) is 1.43 Å². The van der Waals surface area contributed by atoms with E-state index in [-0.39, 0.29) is 1.43 Å². The topological polar surface area (TPSA) is 46.3 Å². The molecule has 0 atom stereocenters. The number of nitrogens with two attached hydrogens (primary N) is 1. The molecule has 1 amide bonds. The Morgan fingerprint density at radius 3 is 1.89 bits per heavy atom. The zero-order chi connectivity index (χ0) is 14.2. The van der Waals surface area contributed by atoms with Gasteiger partial charge in [-0.2, -0.15) is 26.3 Å². The molecule has 2 N–H and O–H groups in total. The average Bonchev–Trinajstić information content (AvgIpc) is 2.13. The summed E-state index contributed by atoms with van der Waals surface area (Å²) >= 11 is 0. The number of carbonyl (C=O) groups excluding carboxylic acids is 1. The van der Waals surface area contributed by atoms with E-state index in [2.05, 4.69) is 0 Å². The molecule has 0 aromatic heterocycles. The molecule has 0 aromatic carbocycles. The van der Waals surface area contributed by atoms with E-state index in [4.69, 9.17) is 5.73 Å². The maximum Gasteiger partial charge on any atom is 0.403 e. The number of halogens is 6. The molecule has 1 rings (SSSR count). The summed E-state index contributed by atoms with van der Waals surface area (Å²) in [4.78, 5) is 11.8. The van der Waals surface area contributed by atoms with Crippen LogP contribution < -0.4 is 5.73 Å². The van der Waals surface area contributed by atoms with Gasteiger partial charge in [-0.1, -0.05) is 0 Å². The molecular weight excluding hydrogens is 266 g/mol. The van der Waals surface area contributed by atoms with E-state index in [1.165, 1.54) is 0 Å². The molecule has 18 heavy (non-hydrogen) atoms. The zero-order valence-corrected chi connectivity index (χ0v) is 9.24. The predicted octanol–water partition coefficient (Wildman–Crippen LogP) is 1.92. The largest absolute Gasteiger partial charge is 0.403 e. The number of rotatable bonds is 2. The van der Waals surface area contributed by atoms with Gasteiger partial charge in [-0.3, -0.25) is 9.69 Å². The molecule has 1 fully saturated rings. The van der Waals surface area contributed by atoms with Gasteiger partial charge in [0.05, 0.1) is 6.54 Å². The molecule has 0 aliphatic carbocycles. The molecule has 0 aromatic rings. The summed E-state index contributed by atoms with van der Waals surface area (Å²) in [5.41, 5.74) is 2.06. The van der Waals surface area contributed by atoms with Gasteiger partial charge in [-0.15, -0.1) is 0 Å². The molecule has 0 spiro atoms. The first-order chi connectivity index (χ1) is 7.98. The highest BCUT2D eigenvalue weighted by Crippen LogP contribution is 2.46. The molecule has 1 saturated heterocycles. The van der Waals surface area contributed by atoms with Crippen molar-refractivity contribution in [2.24, 2.45) is 11.1 Å². The molecule has 1 aliphatic rings. The van der Waals surface area contributed by atoms with Crippen LogP contribution in [0.25, 0.3) is 0 Å². The van der Waals surface area contributed by atoms with Gasteiger partial charge in [-0.25, -0.2) is 0 Å². The lowest BCUT2D eigenvalue weighted by Gasteiger charge is -2.40. The molecule has 0 unspecified atom stereocenters. The van der Waals surface area contributed by atoms with E-state index < -0.39 is 56.2 Å². The Labute approximate surface area is 100 Å². The van der Waals surface area contributed by atoms with Crippen molar-refractivity contribution in [2.75, 3.05) is 19.6 Å². The summed E-state index contributed by atoms with van der Waals surface area (Å²) in [6, 6.07) is 0. The van der Waals surface area contributed by atoms with E-state index in [1.807, 2.05) is 0 Å². The standard InChI is InChI=1S/C9H12F6N2O.H2/c10-8(11,12)5-17-3-1-7(2-4-17,6(16)18)9(13,14)15;/h1-5H2,(H2,16,18);1H. The smallest absolute Gasteiger partial charge is 0.369 e. The van der Waals surface area contributed by atoms with Crippen LogP contribution >= 0.6 is 0 Å². The molecule has 1 heterocycles. The number of likely N-dealkylation sites (tertiary alicyclic amines) is 1. The summed E-state index contributed by atoms with van der Waals surface area (Å²) < 4.78 is 74.5. The Bertz CT molecular complexity index is 322. The molecule has 0 bridgehead atoms. The SMILES string of the molecule is NC(=O)C1(C(F)(F)F)CCN(CC(F)(F)F)CC1.[HH]. The van der Waals surface area contributed by atoms with Crippen LogP contribution in [0, 0.1) is 5.41 Å². The van der Waals surface area contributed by atoms with Gasteiger partial charge in [0.1, 0.15) is 5.41 Å². The van der Waals surface area contributed by atoms with Crippen LogP contribution in [0.4, 0.5) is 26.3 Å². The van der Waals surface area contributed by atoms with E-state index in [9.17, 15) is 31.1 Å². The highest BCUT2D eigenvalue weighted by molar-refractivity contribution is 5.82. The second-order valence-electron chi connectivity index (χ2n) is 4.34. The number of primary amides is 1. The Kier molecular flexibility index (Phi) is 3.85. The van der Waals surface area contributed by atoms with Crippen LogP contribution in [0.3, 0.4) is 0 Å². The number of hydrogen-bond acceptors (Lipinski definition) is 2. The normalized spacial score (nSPS) is 21.9. The van der Waals surface area contributed by atoms with Crippen LogP contribution in [0.5, 0.6) is 0 Å². The summed E-state index contributed by atoms with van der Waals surface area (Å²) in [6.07, 6.45) is -10.8. The molecule has 0 radical (unpaired) electrons. The van der Waals surface area contributed by atoms with Crippen molar-refractivity contribution in [3.05, 3.63) is 0 Å². The van der Waals surface area contributed by atoms with E-state index in [0.29, 0.717) is 0 Å². The minimum absolute atomic E-state index is 0. The van der Waals surface area contributed by atoms with Crippen molar-refractivity contribution in [1.82, 2.24) is 4.90 Å². The van der Waals surface area contributed by atoms with Crippen molar-refractivity contribution in [3.63, 3.8) is 0 Å². The third-order valence-electron chi connectivity index (χ3n) is 3.13. The van der Waals surface area contributed by atoms with Gasteiger partial charge < -0.3 is 5.73 Å². The number of piperidine rings is 1. The third kappa shape index (κ3) is 3.06. The van der Waals surface area contributed by atoms with E-state index >= 15 is 0 Å². The lowest BCUT2D eigenvalue weighted by Crippen LogP contribution is -2.56. The maximum atomic E-state index is 12.8. The lowest BCUT2D eigenvalue weighted by molar-refractivity contribution is -0.234. The van der Waals surface area contributed by atoms with Crippen LogP contribution in [0.15, 0.2) is 0 Å². The fourth-order valence-corrected chi connectivity index (χ4v) is 2.02. The molecular formula is C9H14F6N2O. The number of amides is 1. The van der Waals surface area contributed by atoms with Crippen LogP contribution in [0.1, 0.15) is 14.3 Å². The first-order valence-electron chi connectivity index (χ1n) is 5.14. The lowest BCUT2D eigenvalue weighted by atomic mass is 9.77. The quantitative estimate of drug-likeness (QED) is 0.786. The van der Waals surface area contributed by atoms with Crippen molar-refractivity contribution >= 4 is 5.91 Å². The molecule has 1 aliphatic heterocycles. The fourth-order valence-electron chi connectivity index (χ4n) is 2.02. The number of nitrogens with zero attached hydrogens (tertiary/aromatic N) is 1. The molecule has 108 valence electrons. The van der Waals surface area contributed by atoms with Gasteiger partial charge in [-0.05, 0) is 25.9 Å². The number of carbonyl (C=O) groups is 1. The first-order valence-corrected chi connectivity index (χ1v) is 5.14. The Morgan fingerprint density at radius 2 is 1.61 bits per heavy atom. The predicted molar refractivity (Wildman–Crippen MR) is 51.5 cm³/mol. The highest BCUT2D eigenvalue weighted by atomic mass is 19.4. The van der Waals surface area contributed by atoms with Crippen LogP contribution in [0.2, 0.25) is 0 Å². The van der Waals surface area contributed by atoms with Gasteiger partial charge in [0.15, 0.2) is 0 Å². The molecule has 0 saturated carbocycles. The summed E-state index contributed by atoms with van der Waals surface area (Å²) in [7, 11) is 0. The van der Waals surface area contributed by atoms with E-state index in [0.717, 1.165) is 4.90 Å². The van der Waals surface area contributed by atoms with Crippen molar-refractivity contribution in [2.45, 2.75) is 25.2 Å². The highest BCUT2D eigenvalue weighted by Gasteiger charge is 2.60. The molecule has 3 nitrogen and oxygen atoms in total. The Hall–Kier alpha value is -0.990. The third-order valence-corrected chi connectivity index (χ3v) is 3.13. The van der Waals surface area contributed by atoms with Crippen LogP contribution in [-0.2, 0) is 4.79 Å². The average molecular weight is 280 g/mol. The second kappa shape index (κ2) is 4.60. The minimum atomic E-state index is -4.83. The van der Waals surface area contributed by atoms with Crippen molar-refractivity contribution in [1.29, 1.82) is 0 Å². The number of hydrogen-bond donors (Lipinski definition) is 1. The maximum absolute atomic E-state index is 12.8. The fraction of sp³-hybridized carbons (Fsp3) is 0.889. The van der Waals surface area contributed by atoms with Crippen molar-refractivity contribution in [3.8, 4) is 0 Å². The van der Waals surface area contributed by atoms with Gasteiger partial charge in [0.2, 0.25) is 5.91 Å². The first kappa shape index (κ1) is 15.1. The summed E-state index contributed by atoms with van der Waals surface area (Å²) in [5, 5.41) is 0. The second-order valence-corrected chi connectivity index (χ2v) is 4.34. The van der Waals surface area contributed by atoms with Gasteiger partial charge in [0.25, 0.3) is 0 Å². The van der Waals surface area contributed by atoms with E-state index in [1.54, 1.807) is 0 Å². The summed E-state index contributed by atoms with van der Waals surface area (Å²) in [6.45, 7) is -2.19. The van der Waals surface area contributed by atoms with Crippen LogP contribution in [-0.4, -0.2) is 42.8 Å².